The van der Waals surface area contributed by atoms with Crippen LogP contribution in [0.3, 0.4) is 0 Å². The first kappa shape index (κ1) is 34.4. The van der Waals surface area contributed by atoms with Gasteiger partial charge in [-0.25, -0.2) is 9.59 Å². The van der Waals surface area contributed by atoms with E-state index in [1.807, 2.05) is 0 Å². The maximum absolute atomic E-state index is 11.9. The van der Waals surface area contributed by atoms with E-state index >= 15 is 0 Å². The van der Waals surface area contributed by atoms with E-state index in [-0.39, 0.29) is 59.6 Å². The number of hydrogen-bond acceptors (Lipinski definition) is 12. The van der Waals surface area contributed by atoms with Gasteiger partial charge in [0, 0.05) is 50.3 Å². The number of nitrogens with two attached hydrogens (primary N) is 1. The van der Waals surface area contributed by atoms with Crippen LogP contribution in [-0.2, 0) is 4.74 Å². The van der Waals surface area contributed by atoms with Crippen LogP contribution >= 0.6 is 0 Å². The Morgan fingerprint density at radius 3 is 2.11 bits per heavy atom. The van der Waals surface area contributed by atoms with Crippen LogP contribution in [0.15, 0.2) is 36.4 Å². The molecule has 2 aromatic rings. The molecule has 3 rings (SSSR count). The van der Waals surface area contributed by atoms with Gasteiger partial charge >= 0.3 is 12.1 Å². The summed E-state index contributed by atoms with van der Waals surface area (Å²) < 4.78 is 15.5. The molecule has 1 aliphatic heterocycles. The number of anilines is 2. The number of benzene rings is 2. The van der Waals surface area contributed by atoms with E-state index in [1.54, 1.807) is 12.2 Å². The third-order valence-electron chi connectivity index (χ3n) is 6.81. The van der Waals surface area contributed by atoms with Crippen molar-refractivity contribution in [3.05, 3.63) is 67.8 Å². The molecule has 5 N–H and O–H groups in total. The molecule has 0 saturated carbocycles. The number of hydrogen-bond donors (Lipinski definition) is 4. The number of amides is 2. The molecule has 0 radical (unpaired) electrons. The van der Waals surface area contributed by atoms with Crippen molar-refractivity contribution in [2.24, 2.45) is 11.7 Å². The molecule has 1 atom stereocenters. The number of likely N-dealkylation sites (tertiary alicyclic amines) is 1. The van der Waals surface area contributed by atoms with Crippen LogP contribution < -0.4 is 25.8 Å². The molecule has 2 aromatic carbocycles. The van der Waals surface area contributed by atoms with E-state index in [9.17, 15) is 34.6 Å². The van der Waals surface area contributed by atoms with Crippen LogP contribution in [-0.4, -0.2) is 84.8 Å². The van der Waals surface area contributed by atoms with E-state index in [4.69, 9.17) is 20.3 Å². The lowest BCUT2D eigenvalue weighted by Gasteiger charge is -2.13. The average molecular weight is 641 g/mol. The molecule has 46 heavy (non-hydrogen) atoms. The number of carboxylic acid groups (broad SMARTS) is 1. The van der Waals surface area contributed by atoms with Crippen molar-refractivity contribution in [2.75, 3.05) is 57.6 Å². The third-order valence-corrected chi connectivity index (χ3v) is 6.81. The minimum atomic E-state index is -0.975. The highest BCUT2D eigenvalue weighted by Gasteiger charge is 2.26. The van der Waals surface area contributed by atoms with Crippen molar-refractivity contribution in [3.8, 4) is 23.3 Å². The fraction of sp³-hybridized carbons (Fsp3) is 0.345. The normalized spacial score (nSPS) is 13.8. The second-order valence-electron chi connectivity index (χ2n) is 9.77. The Morgan fingerprint density at radius 2 is 1.59 bits per heavy atom. The molecular weight excluding hydrogens is 608 g/mol. The predicted molar refractivity (Wildman–Crippen MR) is 164 cm³/mol. The molecule has 1 saturated heterocycles. The minimum Gasteiger partial charge on any atom is -0.494 e. The summed E-state index contributed by atoms with van der Waals surface area (Å²) >= 11 is 0. The Balaban J connectivity index is 1.70. The highest BCUT2D eigenvalue weighted by molar-refractivity contribution is 5.96. The quantitative estimate of drug-likeness (QED) is 0.0763. The summed E-state index contributed by atoms with van der Waals surface area (Å²) in [4.78, 5) is 58.2. The third kappa shape index (κ3) is 8.98. The SMILES string of the molecule is COC(=O)c1cc(OC)c(NC/C=C/CNc2c(OCC#CCC3CCN(C(=O)O)C3)cc(C(N)=O)cc2[N+](=O)[O-])c([N+](=O)[O-])c1. The molecule has 17 heteroatoms. The monoisotopic (exact) mass is 640 g/mol. The molecule has 17 nitrogen and oxygen atoms in total. The maximum Gasteiger partial charge on any atom is 0.407 e. The lowest BCUT2D eigenvalue weighted by molar-refractivity contribution is -0.384. The summed E-state index contributed by atoms with van der Waals surface area (Å²) in [7, 11) is 2.43. The summed E-state index contributed by atoms with van der Waals surface area (Å²) in [5.74, 6) is 4.16. The van der Waals surface area contributed by atoms with Gasteiger partial charge in [-0.05, 0) is 24.5 Å². The molecule has 2 amide bonds. The van der Waals surface area contributed by atoms with Gasteiger partial charge in [0.2, 0.25) is 5.91 Å². The second-order valence-corrected chi connectivity index (χ2v) is 9.77. The number of carbonyl (C=O) groups is 3. The average Bonchev–Trinajstić information content (AvgIpc) is 3.51. The zero-order chi connectivity index (χ0) is 33.8. The van der Waals surface area contributed by atoms with E-state index < -0.39 is 39.2 Å². The number of esters is 1. The van der Waals surface area contributed by atoms with Crippen LogP contribution in [0.5, 0.6) is 11.5 Å². The lowest BCUT2D eigenvalue weighted by atomic mass is 10.1. The van der Waals surface area contributed by atoms with Gasteiger partial charge in [-0.1, -0.05) is 24.0 Å². The number of methoxy groups -OCH3 is 2. The maximum atomic E-state index is 11.9. The molecule has 0 spiro atoms. The summed E-state index contributed by atoms with van der Waals surface area (Å²) in [6.45, 7) is 0.783. The first-order valence-corrected chi connectivity index (χ1v) is 13.7. The van der Waals surface area contributed by atoms with Gasteiger partial charge in [-0.2, -0.15) is 0 Å². The van der Waals surface area contributed by atoms with E-state index in [0.29, 0.717) is 25.9 Å². The zero-order valence-corrected chi connectivity index (χ0v) is 24.9. The number of nitrogens with zero attached hydrogens (tertiary/aromatic N) is 3. The highest BCUT2D eigenvalue weighted by atomic mass is 16.6. The number of rotatable bonds is 14. The van der Waals surface area contributed by atoms with Crippen LogP contribution in [0.1, 0.15) is 33.6 Å². The van der Waals surface area contributed by atoms with E-state index in [2.05, 4.69) is 27.2 Å². The molecule has 1 fully saturated rings. The van der Waals surface area contributed by atoms with Crippen molar-refractivity contribution in [2.45, 2.75) is 12.8 Å². The standard InChI is InChI=1S/C29H32N6O11/c1-44-23-16-20(28(37)45-2)14-22(35(42)43)25(23)31-9-4-5-10-32-26-21(34(40)41)13-19(27(30)36)15-24(26)46-12-6-3-7-18-8-11-33(17-18)29(38)39/h4-5,13-16,18,31-32H,7-12,17H2,1-2H3,(H2,30,36)(H,38,39)/b5-4+. The Bertz CT molecular complexity index is 1600. The molecule has 0 aliphatic carbocycles. The minimum absolute atomic E-state index is 0.0272. The van der Waals surface area contributed by atoms with Crippen molar-refractivity contribution in [3.63, 3.8) is 0 Å². The van der Waals surface area contributed by atoms with Crippen LogP contribution in [0, 0.1) is 38.0 Å². The summed E-state index contributed by atoms with van der Waals surface area (Å²) in [6, 6.07) is 4.64. The number of primary amides is 1. The van der Waals surface area contributed by atoms with Crippen molar-refractivity contribution in [1.82, 2.24) is 4.90 Å². The fourth-order valence-corrected chi connectivity index (χ4v) is 4.54. The number of nitro groups is 2. The van der Waals surface area contributed by atoms with Crippen molar-refractivity contribution < 1.29 is 43.5 Å². The van der Waals surface area contributed by atoms with E-state index in [0.717, 1.165) is 19.2 Å². The molecule has 244 valence electrons. The van der Waals surface area contributed by atoms with Crippen molar-refractivity contribution >= 4 is 40.7 Å². The molecule has 1 aliphatic rings. The largest absolute Gasteiger partial charge is 0.494 e. The molecule has 0 bridgehead atoms. The Morgan fingerprint density at radius 1 is 1.00 bits per heavy atom. The van der Waals surface area contributed by atoms with Crippen LogP contribution in [0.2, 0.25) is 0 Å². The number of carbonyl (C=O) groups excluding carboxylic acids is 2. The van der Waals surface area contributed by atoms with Gasteiger partial charge in [0.15, 0.2) is 17.1 Å². The molecule has 1 heterocycles. The first-order valence-electron chi connectivity index (χ1n) is 13.7. The van der Waals surface area contributed by atoms with Crippen molar-refractivity contribution in [1.29, 1.82) is 0 Å². The lowest BCUT2D eigenvalue weighted by Crippen LogP contribution is -2.26. The summed E-state index contributed by atoms with van der Waals surface area (Å²) in [5, 5.41) is 38.3. The number of nitro benzene ring substituents is 2. The van der Waals surface area contributed by atoms with E-state index in [1.165, 1.54) is 24.1 Å². The van der Waals surface area contributed by atoms with Crippen LogP contribution in [0.25, 0.3) is 0 Å². The summed E-state index contributed by atoms with van der Waals surface area (Å²) in [5.41, 5.74) is 4.28. The topological polar surface area (TPSA) is 239 Å². The Labute approximate surface area is 262 Å². The Hall–Kier alpha value is -6.05. The molecular formula is C29H32N6O11. The fourth-order valence-electron chi connectivity index (χ4n) is 4.54. The second kappa shape index (κ2) is 16.1. The zero-order valence-electron chi connectivity index (χ0n) is 24.9. The first-order chi connectivity index (χ1) is 22.0. The number of ether oxygens (including phenoxy) is 3. The predicted octanol–water partition coefficient (Wildman–Crippen LogP) is 3.25. The van der Waals surface area contributed by atoms with Gasteiger partial charge in [0.25, 0.3) is 11.4 Å². The smallest absolute Gasteiger partial charge is 0.407 e. The van der Waals surface area contributed by atoms with Gasteiger partial charge in [0.05, 0.1) is 29.6 Å². The molecule has 1 unspecified atom stereocenters. The number of nitrogens with one attached hydrogen (secondary N) is 2. The summed E-state index contributed by atoms with van der Waals surface area (Å²) in [6.07, 6.45) is 3.35. The highest BCUT2D eigenvalue weighted by Crippen LogP contribution is 2.37. The molecule has 0 aromatic heterocycles. The van der Waals surface area contributed by atoms with Gasteiger partial charge in [0.1, 0.15) is 12.4 Å². The van der Waals surface area contributed by atoms with Gasteiger partial charge in [-0.3, -0.25) is 25.0 Å². The van der Waals surface area contributed by atoms with Crippen LogP contribution in [0.4, 0.5) is 27.5 Å². The van der Waals surface area contributed by atoms with Gasteiger partial charge in [-0.15, -0.1) is 0 Å². The Kier molecular flexibility index (Phi) is 12.1. The van der Waals surface area contributed by atoms with Gasteiger partial charge < -0.3 is 40.6 Å².